The number of hydrogen-bond donors (Lipinski definition) is 1. The van der Waals surface area contributed by atoms with Crippen LogP contribution >= 0.6 is 11.6 Å². The number of nitrogens with zero attached hydrogens (tertiary/aromatic N) is 1. The van der Waals surface area contributed by atoms with E-state index in [9.17, 15) is 9.90 Å². The molecule has 116 valence electrons. The second-order valence-electron chi connectivity index (χ2n) is 5.45. The van der Waals surface area contributed by atoms with Gasteiger partial charge in [-0.05, 0) is 37.5 Å². The molecule has 0 saturated carbocycles. The maximum absolute atomic E-state index is 12.1. The molecule has 5 heteroatoms. The minimum absolute atomic E-state index is 0.00701. The maximum atomic E-state index is 12.1. The molecule has 1 aliphatic heterocycles. The van der Waals surface area contributed by atoms with E-state index in [0.717, 1.165) is 31.5 Å². The van der Waals surface area contributed by atoms with E-state index in [-0.39, 0.29) is 12.5 Å². The lowest BCUT2D eigenvalue weighted by Gasteiger charge is -2.20. The number of ether oxygens (including phenoxy) is 1. The highest BCUT2D eigenvalue weighted by Gasteiger charge is 2.16. The van der Waals surface area contributed by atoms with E-state index in [1.807, 2.05) is 4.90 Å². The Hall–Kier alpha value is -1.26. The monoisotopic (exact) mass is 311 g/mol. The summed E-state index contributed by atoms with van der Waals surface area (Å²) in [5, 5.41) is 9.91. The van der Waals surface area contributed by atoms with Crippen LogP contribution < -0.4 is 4.74 Å². The number of hydrogen-bond acceptors (Lipinski definition) is 3. The fourth-order valence-electron chi connectivity index (χ4n) is 2.44. The van der Waals surface area contributed by atoms with Crippen molar-refractivity contribution in [2.45, 2.75) is 38.7 Å². The van der Waals surface area contributed by atoms with E-state index in [1.165, 1.54) is 12.8 Å². The summed E-state index contributed by atoms with van der Waals surface area (Å²) in [4.78, 5) is 14.0. The third-order valence-corrected chi connectivity index (χ3v) is 4.04. The Labute approximate surface area is 130 Å². The van der Waals surface area contributed by atoms with Gasteiger partial charge in [-0.25, -0.2) is 0 Å². The van der Waals surface area contributed by atoms with Crippen molar-refractivity contribution in [2.24, 2.45) is 0 Å². The maximum Gasteiger partial charge on any atom is 0.260 e. The number of amides is 1. The van der Waals surface area contributed by atoms with Crippen LogP contribution in [-0.2, 0) is 4.79 Å². The van der Waals surface area contributed by atoms with Gasteiger partial charge in [-0.2, -0.15) is 0 Å². The van der Waals surface area contributed by atoms with Gasteiger partial charge in [-0.1, -0.05) is 30.5 Å². The van der Waals surface area contributed by atoms with Crippen LogP contribution in [-0.4, -0.2) is 35.6 Å². The molecular formula is C16H22ClNO3. The van der Waals surface area contributed by atoms with Crippen LogP contribution in [0.4, 0.5) is 0 Å². The van der Waals surface area contributed by atoms with Crippen LogP contribution in [0.5, 0.6) is 5.75 Å². The van der Waals surface area contributed by atoms with Crippen LogP contribution in [0.3, 0.4) is 0 Å². The summed E-state index contributed by atoms with van der Waals surface area (Å²) in [6.07, 6.45) is 3.94. The topological polar surface area (TPSA) is 49.8 Å². The Morgan fingerprint density at radius 2 is 2.00 bits per heavy atom. The molecule has 21 heavy (non-hydrogen) atoms. The first-order chi connectivity index (χ1) is 10.1. The fraction of sp³-hybridized carbons (Fsp3) is 0.562. The summed E-state index contributed by atoms with van der Waals surface area (Å²) in [6.45, 7) is 3.32. The summed E-state index contributed by atoms with van der Waals surface area (Å²) in [5.41, 5.74) is 0.728. The molecule has 4 nitrogen and oxygen atoms in total. The highest BCUT2D eigenvalue weighted by atomic mass is 35.5. The zero-order valence-corrected chi connectivity index (χ0v) is 13.1. The lowest BCUT2D eigenvalue weighted by Crippen LogP contribution is -2.35. The molecule has 0 aromatic heterocycles. The lowest BCUT2D eigenvalue weighted by molar-refractivity contribution is -0.133. The summed E-state index contributed by atoms with van der Waals surface area (Å²) in [5.74, 6) is 0.483. The van der Waals surface area contributed by atoms with Crippen molar-refractivity contribution in [3.63, 3.8) is 0 Å². The van der Waals surface area contributed by atoms with Crippen molar-refractivity contribution in [1.82, 2.24) is 4.90 Å². The van der Waals surface area contributed by atoms with Gasteiger partial charge < -0.3 is 14.7 Å². The molecule has 0 aliphatic carbocycles. The molecule has 1 aliphatic rings. The summed E-state index contributed by atoms with van der Waals surface area (Å²) in [7, 11) is 0. The summed E-state index contributed by atoms with van der Waals surface area (Å²) >= 11 is 6.11. The highest BCUT2D eigenvalue weighted by molar-refractivity contribution is 6.32. The van der Waals surface area contributed by atoms with Crippen molar-refractivity contribution < 1.29 is 14.6 Å². The third kappa shape index (κ3) is 4.61. The standard InChI is InChI=1S/C16H22ClNO3/c1-12(19)13-6-7-15(14(17)10-13)21-11-16(20)18-8-4-2-3-5-9-18/h6-7,10,12,19H,2-5,8-9,11H2,1H3/t12-/m0/s1. The quantitative estimate of drug-likeness (QED) is 0.929. The summed E-state index contributed by atoms with van der Waals surface area (Å²) in [6, 6.07) is 5.11. The minimum Gasteiger partial charge on any atom is -0.482 e. The van der Waals surface area contributed by atoms with Crippen LogP contribution in [0.1, 0.15) is 44.3 Å². The van der Waals surface area contributed by atoms with Crippen molar-refractivity contribution in [1.29, 1.82) is 0 Å². The van der Waals surface area contributed by atoms with Crippen LogP contribution in [0.2, 0.25) is 5.02 Å². The molecule has 1 heterocycles. The first kappa shape index (κ1) is 16.1. The number of halogens is 1. The number of likely N-dealkylation sites (tertiary alicyclic amines) is 1. The van der Waals surface area contributed by atoms with Crippen molar-refractivity contribution in [3.8, 4) is 5.75 Å². The van der Waals surface area contributed by atoms with Gasteiger partial charge in [0.2, 0.25) is 0 Å². The molecule has 0 spiro atoms. The molecule has 1 aromatic rings. The van der Waals surface area contributed by atoms with Gasteiger partial charge in [0, 0.05) is 13.1 Å². The molecule has 0 bridgehead atoms. The van der Waals surface area contributed by atoms with E-state index in [1.54, 1.807) is 25.1 Å². The van der Waals surface area contributed by atoms with Gasteiger partial charge in [-0.15, -0.1) is 0 Å². The number of benzene rings is 1. The normalized spacial score (nSPS) is 17.2. The Morgan fingerprint density at radius 3 is 2.57 bits per heavy atom. The van der Waals surface area contributed by atoms with Gasteiger partial charge in [0.1, 0.15) is 5.75 Å². The van der Waals surface area contributed by atoms with E-state index in [0.29, 0.717) is 10.8 Å². The molecule has 1 N–H and O–H groups in total. The van der Waals surface area contributed by atoms with Crippen molar-refractivity contribution in [2.75, 3.05) is 19.7 Å². The van der Waals surface area contributed by atoms with E-state index >= 15 is 0 Å². The number of aliphatic hydroxyl groups is 1. The van der Waals surface area contributed by atoms with Crippen LogP contribution in [0.15, 0.2) is 18.2 Å². The van der Waals surface area contributed by atoms with Gasteiger partial charge >= 0.3 is 0 Å². The summed E-state index contributed by atoms with van der Waals surface area (Å²) < 4.78 is 5.52. The van der Waals surface area contributed by atoms with E-state index < -0.39 is 6.10 Å². The predicted molar refractivity (Wildman–Crippen MR) is 82.6 cm³/mol. The Morgan fingerprint density at radius 1 is 1.33 bits per heavy atom. The van der Waals surface area contributed by atoms with Gasteiger partial charge in [0.05, 0.1) is 11.1 Å². The average molecular weight is 312 g/mol. The molecular weight excluding hydrogens is 290 g/mol. The minimum atomic E-state index is -0.574. The van der Waals surface area contributed by atoms with Crippen LogP contribution in [0.25, 0.3) is 0 Å². The molecule has 1 amide bonds. The van der Waals surface area contributed by atoms with Gasteiger partial charge in [0.25, 0.3) is 5.91 Å². The molecule has 1 atom stereocenters. The first-order valence-corrected chi connectivity index (χ1v) is 7.84. The van der Waals surface area contributed by atoms with E-state index in [4.69, 9.17) is 16.3 Å². The van der Waals surface area contributed by atoms with Crippen LogP contribution in [0, 0.1) is 0 Å². The zero-order valence-electron chi connectivity index (χ0n) is 12.3. The number of rotatable bonds is 4. The molecule has 1 saturated heterocycles. The van der Waals surface area contributed by atoms with Gasteiger partial charge in [-0.3, -0.25) is 4.79 Å². The molecule has 1 fully saturated rings. The molecule has 0 radical (unpaired) electrons. The predicted octanol–water partition coefficient (Wildman–Crippen LogP) is 3.17. The SMILES string of the molecule is C[C@H](O)c1ccc(OCC(=O)N2CCCCCC2)c(Cl)c1. The molecule has 0 unspecified atom stereocenters. The second kappa shape index (κ2) is 7.66. The Bertz CT molecular complexity index is 482. The Balaban J connectivity index is 1.91. The van der Waals surface area contributed by atoms with Crippen molar-refractivity contribution in [3.05, 3.63) is 28.8 Å². The third-order valence-electron chi connectivity index (χ3n) is 3.75. The largest absolute Gasteiger partial charge is 0.482 e. The van der Waals surface area contributed by atoms with Crippen molar-refractivity contribution >= 4 is 17.5 Å². The molecule has 2 rings (SSSR count). The fourth-order valence-corrected chi connectivity index (χ4v) is 2.69. The second-order valence-corrected chi connectivity index (χ2v) is 5.86. The average Bonchev–Trinajstić information content (AvgIpc) is 2.74. The first-order valence-electron chi connectivity index (χ1n) is 7.46. The van der Waals surface area contributed by atoms with Gasteiger partial charge in [0.15, 0.2) is 6.61 Å². The number of carbonyl (C=O) groups excluding carboxylic acids is 1. The highest BCUT2D eigenvalue weighted by Crippen LogP contribution is 2.28. The smallest absolute Gasteiger partial charge is 0.260 e. The number of aliphatic hydroxyl groups excluding tert-OH is 1. The Kier molecular flexibility index (Phi) is 5.88. The lowest BCUT2D eigenvalue weighted by atomic mass is 10.1. The number of carbonyl (C=O) groups is 1. The zero-order chi connectivity index (χ0) is 15.2. The van der Waals surface area contributed by atoms with E-state index in [2.05, 4.69) is 0 Å². The molecule has 1 aromatic carbocycles.